The zero-order valence-electron chi connectivity index (χ0n) is 10.4. The Balaban J connectivity index is 2.12. The molecule has 1 aromatic heterocycles. The molecule has 0 aliphatic rings. The highest BCUT2D eigenvalue weighted by Gasteiger charge is 2.10. The van der Waals surface area contributed by atoms with E-state index in [2.05, 4.69) is 9.97 Å². The van der Waals surface area contributed by atoms with Crippen molar-refractivity contribution in [3.8, 4) is 17.1 Å². The summed E-state index contributed by atoms with van der Waals surface area (Å²) < 4.78 is 18.6. The standard InChI is InChI=1S/C14H9Cl2FN2O/c1-20-13-3-2-7(4-10(13)17)14-18-11-5-8(15)9(16)6-12(11)19-14/h2-6H,1H3,(H,18,19). The highest BCUT2D eigenvalue weighted by Crippen LogP contribution is 2.30. The molecule has 102 valence electrons. The third-order valence-electron chi connectivity index (χ3n) is 2.95. The SMILES string of the molecule is COc1ccc(-c2nc3cc(Cl)c(Cl)cc3[nH]2)cc1F. The third-order valence-corrected chi connectivity index (χ3v) is 3.67. The van der Waals surface area contributed by atoms with Crippen molar-refractivity contribution in [2.45, 2.75) is 0 Å². The Morgan fingerprint density at radius 2 is 1.90 bits per heavy atom. The Hall–Kier alpha value is -1.78. The van der Waals surface area contributed by atoms with Crippen LogP contribution in [0.5, 0.6) is 5.75 Å². The van der Waals surface area contributed by atoms with Crippen molar-refractivity contribution in [2.75, 3.05) is 7.11 Å². The van der Waals surface area contributed by atoms with Crippen LogP contribution in [0, 0.1) is 5.82 Å². The van der Waals surface area contributed by atoms with Gasteiger partial charge in [0, 0.05) is 5.56 Å². The van der Waals surface area contributed by atoms with Crippen molar-refractivity contribution in [2.24, 2.45) is 0 Å². The number of aromatic amines is 1. The smallest absolute Gasteiger partial charge is 0.165 e. The average Bonchev–Trinajstić information content (AvgIpc) is 2.82. The van der Waals surface area contributed by atoms with E-state index in [-0.39, 0.29) is 5.75 Å². The average molecular weight is 311 g/mol. The minimum atomic E-state index is -0.443. The molecular formula is C14H9Cl2FN2O. The van der Waals surface area contributed by atoms with Crippen LogP contribution in [0.4, 0.5) is 4.39 Å². The van der Waals surface area contributed by atoms with Crippen molar-refractivity contribution in [3.05, 3.63) is 46.2 Å². The molecule has 3 rings (SSSR count). The molecule has 0 aliphatic carbocycles. The number of methoxy groups -OCH3 is 1. The van der Waals surface area contributed by atoms with Gasteiger partial charge in [-0.05, 0) is 30.3 Å². The van der Waals surface area contributed by atoms with Crippen LogP contribution in [0.15, 0.2) is 30.3 Å². The summed E-state index contributed by atoms with van der Waals surface area (Å²) in [6.45, 7) is 0. The van der Waals surface area contributed by atoms with Crippen LogP contribution in [-0.2, 0) is 0 Å². The molecule has 1 heterocycles. The molecular weight excluding hydrogens is 302 g/mol. The molecule has 20 heavy (non-hydrogen) atoms. The number of benzene rings is 2. The van der Waals surface area contributed by atoms with Gasteiger partial charge in [0.25, 0.3) is 0 Å². The van der Waals surface area contributed by atoms with Gasteiger partial charge < -0.3 is 9.72 Å². The Labute approximate surface area is 124 Å². The Morgan fingerprint density at radius 1 is 1.15 bits per heavy atom. The van der Waals surface area contributed by atoms with Crippen molar-refractivity contribution in [1.82, 2.24) is 9.97 Å². The fraction of sp³-hybridized carbons (Fsp3) is 0.0714. The second-order valence-electron chi connectivity index (χ2n) is 4.22. The Morgan fingerprint density at radius 3 is 2.60 bits per heavy atom. The summed E-state index contributed by atoms with van der Waals surface area (Å²) in [5.41, 5.74) is 2.03. The van der Waals surface area contributed by atoms with Crippen molar-refractivity contribution < 1.29 is 9.13 Å². The van der Waals surface area contributed by atoms with Gasteiger partial charge in [-0.2, -0.15) is 0 Å². The lowest BCUT2D eigenvalue weighted by molar-refractivity contribution is 0.386. The van der Waals surface area contributed by atoms with Gasteiger partial charge in [0.15, 0.2) is 11.6 Å². The summed E-state index contributed by atoms with van der Waals surface area (Å²) in [5, 5.41) is 0.869. The Kier molecular flexibility index (Phi) is 3.28. The van der Waals surface area contributed by atoms with E-state index in [4.69, 9.17) is 27.9 Å². The number of imidazole rings is 1. The van der Waals surface area contributed by atoms with E-state index in [0.717, 1.165) is 5.52 Å². The number of nitrogens with zero attached hydrogens (tertiary/aromatic N) is 1. The number of hydrogen-bond donors (Lipinski definition) is 1. The first-order valence-electron chi connectivity index (χ1n) is 5.77. The molecule has 6 heteroatoms. The molecule has 1 N–H and O–H groups in total. The first-order valence-corrected chi connectivity index (χ1v) is 6.53. The Bertz CT molecular complexity index is 762. The molecule has 3 nitrogen and oxygen atoms in total. The molecule has 0 aliphatic heterocycles. The predicted octanol–water partition coefficient (Wildman–Crippen LogP) is 4.68. The fourth-order valence-electron chi connectivity index (χ4n) is 1.96. The second-order valence-corrected chi connectivity index (χ2v) is 5.03. The van der Waals surface area contributed by atoms with Crippen molar-refractivity contribution >= 4 is 34.2 Å². The van der Waals surface area contributed by atoms with Gasteiger partial charge in [0.1, 0.15) is 5.82 Å². The topological polar surface area (TPSA) is 37.9 Å². The van der Waals surface area contributed by atoms with Gasteiger partial charge in [-0.15, -0.1) is 0 Å². The maximum Gasteiger partial charge on any atom is 0.165 e. The summed E-state index contributed by atoms with van der Waals surface area (Å²) >= 11 is 11.9. The van der Waals surface area contributed by atoms with Gasteiger partial charge in [-0.1, -0.05) is 23.2 Å². The molecule has 0 saturated heterocycles. The summed E-state index contributed by atoms with van der Waals surface area (Å²) in [6, 6.07) is 8.00. The number of fused-ring (bicyclic) bond motifs is 1. The normalized spacial score (nSPS) is 11.0. The first-order chi connectivity index (χ1) is 9.58. The van der Waals surface area contributed by atoms with Crippen LogP contribution in [0.2, 0.25) is 10.0 Å². The van der Waals surface area contributed by atoms with Crippen LogP contribution >= 0.6 is 23.2 Å². The van der Waals surface area contributed by atoms with Crippen LogP contribution < -0.4 is 4.74 Å². The van der Waals surface area contributed by atoms with Crippen molar-refractivity contribution in [3.63, 3.8) is 0 Å². The molecule has 0 unspecified atom stereocenters. The van der Waals surface area contributed by atoms with Gasteiger partial charge >= 0.3 is 0 Å². The molecule has 3 aromatic rings. The van der Waals surface area contributed by atoms with Gasteiger partial charge in [-0.3, -0.25) is 0 Å². The number of nitrogens with one attached hydrogen (secondary N) is 1. The van der Waals surface area contributed by atoms with Gasteiger partial charge in [0.05, 0.1) is 28.2 Å². The summed E-state index contributed by atoms with van der Waals surface area (Å²) in [6.07, 6.45) is 0. The summed E-state index contributed by atoms with van der Waals surface area (Å²) in [5.74, 6) is 0.289. The number of H-pyrrole nitrogens is 1. The molecule has 0 radical (unpaired) electrons. The molecule has 2 aromatic carbocycles. The summed E-state index contributed by atoms with van der Waals surface area (Å²) in [7, 11) is 1.42. The van der Waals surface area contributed by atoms with Crippen LogP contribution in [0.25, 0.3) is 22.4 Å². The highest BCUT2D eigenvalue weighted by atomic mass is 35.5. The van der Waals surface area contributed by atoms with Crippen molar-refractivity contribution in [1.29, 1.82) is 0 Å². The van der Waals surface area contributed by atoms with E-state index < -0.39 is 5.82 Å². The minimum Gasteiger partial charge on any atom is -0.494 e. The first kappa shape index (κ1) is 13.2. The molecule has 0 spiro atoms. The third kappa shape index (κ3) is 2.21. The quantitative estimate of drug-likeness (QED) is 0.746. The molecule has 0 amide bonds. The van der Waals surface area contributed by atoms with E-state index in [9.17, 15) is 4.39 Å². The number of rotatable bonds is 2. The maximum atomic E-state index is 13.7. The monoisotopic (exact) mass is 310 g/mol. The zero-order valence-corrected chi connectivity index (χ0v) is 11.9. The van der Waals surface area contributed by atoms with E-state index in [1.165, 1.54) is 13.2 Å². The van der Waals surface area contributed by atoms with Crippen LogP contribution in [-0.4, -0.2) is 17.1 Å². The lowest BCUT2D eigenvalue weighted by Crippen LogP contribution is -1.89. The number of aromatic nitrogens is 2. The predicted molar refractivity (Wildman–Crippen MR) is 78.1 cm³/mol. The van der Waals surface area contributed by atoms with E-state index in [1.807, 2.05) is 0 Å². The number of halogens is 3. The summed E-state index contributed by atoms with van der Waals surface area (Å²) in [4.78, 5) is 7.46. The maximum absolute atomic E-state index is 13.7. The van der Waals surface area contributed by atoms with E-state index in [0.29, 0.717) is 26.9 Å². The van der Waals surface area contributed by atoms with Crippen LogP contribution in [0.3, 0.4) is 0 Å². The molecule has 0 saturated carbocycles. The highest BCUT2D eigenvalue weighted by molar-refractivity contribution is 6.42. The lowest BCUT2D eigenvalue weighted by Gasteiger charge is -2.02. The molecule has 0 fully saturated rings. The fourth-order valence-corrected chi connectivity index (χ4v) is 2.28. The minimum absolute atomic E-state index is 0.191. The lowest BCUT2D eigenvalue weighted by atomic mass is 10.2. The zero-order chi connectivity index (χ0) is 14.3. The van der Waals surface area contributed by atoms with Gasteiger partial charge in [-0.25, -0.2) is 9.37 Å². The number of ether oxygens (including phenoxy) is 1. The van der Waals surface area contributed by atoms with Gasteiger partial charge in [0.2, 0.25) is 0 Å². The second kappa shape index (κ2) is 4.96. The number of hydrogen-bond acceptors (Lipinski definition) is 2. The molecule has 0 bridgehead atoms. The van der Waals surface area contributed by atoms with E-state index >= 15 is 0 Å². The largest absolute Gasteiger partial charge is 0.494 e. The molecule has 0 atom stereocenters. The van der Waals surface area contributed by atoms with Crippen LogP contribution in [0.1, 0.15) is 0 Å². The van der Waals surface area contributed by atoms with E-state index in [1.54, 1.807) is 24.3 Å².